The number of piperazine rings is 1. The van der Waals surface area contributed by atoms with E-state index >= 15 is 0 Å². The Morgan fingerprint density at radius 3 is 2.43 bits per heavy atom. The number of aryl methyl sites for hydroxylation is 2. The number of carbonyl (C=O) groups excluding carboxylic acids is 3. The summed E-state index contributed by atoms with van der Waals surface area (Å²) in [6.07, 6.45) is 0.231. The van der Waals surface area contributed by atoms with E-state index in [0.717, 1.165) is 11.1 Å². The molecule has 0 atom stereocenters. The van der Waals surface area contributed by atoms with E-state index in [9.17, 15) is 14.4 Å². The average Bonchev–Trinajstić information content (AvgIpc) is 2.70. The summed E-state index contributed by atoms with van der Waals surface area (Å²) in [5, 5.41) is 5.75. The number of hydrogen-bond acceptors (Lipinski definition) is 5. The van der Waals surface area contributed by atoms with E-state index in [4.69, 9.17) is 4.74 Å². The highest BCUT2D eigenvalue weighted by Crippen LogP contribution is 2.25. The van der Waals surface area contributed by atoms with Crippen LogP contribution in [0.2, 0.25) is 0 Å². The summed E-state index contributed by atoms with van der Waals surface area (Å²) in [4.78, 5) is 40.4. The van der Waals surface area contributed by atoms with Gasteiger partial charge in [0.15, 0.2) is 0 Å². The zero-order valence-corrected chi connectivity index (χ0v) is 16.6. The minimum absolute atomic E-state index is 0.114. The van der Waals surface area contributed by atoms with Crippen LogP contribution in [-0.2, 0) is 14.3 Å². The highest BCUT2D eigenvalue weighted by atomic mass is 16.6. The van der Waals surface area contributed by atoms with Gasteiger partial charge in [-0.05, 0) is 38.0 Å². The first kappa shape index (κ1) is 19.9. The van der Waals surface area contributed by atoms with E-state index in [1.54, 1.807) is 16.7 Å². The van der Waals surface area contributed by atoms with E-state index in [1.165, 1.54) is 5.01 Å². The number of hydrogen-bond donors (Lipinski definition) is 0. The zero-order chi connectivity index (χ0) is 20.3. The van der Waals surface area contributed by atoms with E-state index in [0.29, 0.717) is 50.6 Å². The van der Waals surface area contributed by atoms with Crippen molar-refractivity contribution in [2.24, 2.45) is 5.10 Å². The maximum atomic E-state index is 12.9. The van der Waals surface area contributed by atoms with Gasteiger partial charge in [-0.3, -0.25) is 9.59 Å². The minimum Gasteiger partial charge on any atom is -0.450 e. The Hall–Kier alpha value is -2.90. The second-order valence-electron chi connectivity index (χ2n) is 7.02. The van der Waals surface area contributed by atoms with Crippen LogP contribution in [0.5, 0.6) is 0 Å². The Morgan fingerprint density at radius 2 is 1.75 bits per heavy atom. The lowest BCUT2D eigenvalue weighted by Crippen LogP contribution is -2.53. The van der Waals surface area contributed by atoms with Crippen LogP contribution in [0, 0.1) is 13.8 Å². The fourth-order valence-corrected chi connectivity index (χ4v) is 3.33. The van der Waals surface area contributed by atoms with Crippen LogP contribution in [-0.4, -0.2) is 66.2 Å². The summed E-state index contributed by atoms with van der Waals surface area (Å²) in [7, 11) is 0. The van der Waals surface area contributed by atoms with E-state index in [1.807, 2.05) is 32.0 Å². The van der Waals surface area contributed by atoms with Crippen molar-refractivity contribution in [3.8, 4) is 0 Å². The van der Waals surface area contributed by atoms with Crippen molar-refractivity contribution in [3.63, 3.8) is 0 Å². The third-order valence-corrected chi connectivity index (χ3v) is 4.97. The summed E-state index contributed by atoms with van der Waals surface area (Å²) in [5.41, 5.74) is 3.05. The lowest BCUT2D eigenvalue weighted by atomic mass is 10.1. The van der Waals surface area contributed by atoms with Crippen LogP contribution in [0.1, 0.15) is 30.9 Å². The number of amides is 3. The third-order valence-electron chi connectivity index (χ3n) is 4.97. The Bertz CT molecular complexity index is 812. The Kier molecular flexibility index (Phi) is 5.96. The average molecular weight is 386 g/mol. The molecule has 0 aromatic heterocycles. The van der Waals surface area contributed by atoms with Gasteiger partial charge in [0.2, 0.25) is 5.91 Å². The molecule has 150 valence electrons. The summed E-state index contributed by atoms with van der Waals surface area (Å²) in [5.74, 6) is -0.288. The van der Waals surface area contributed by atoms with Gasteiger partial charge in [-0.15, -0.1) is 0 Å². The summed E-state index contributed by atoms with van der Waals surface area (Å²) in [6, 6.07) is 5.83. The molecule has 2 heterocycles. The maximum Gasteiger partial charge on any atom is 0.409 e. The van der Waals surface area contributed by atoms with Gasteiger partial charge in [0.25, 0.3) is 5.91 Å². The van der Waals surface area contributed by atoms with Gasteiger partial charge in [-0.2, -0.15) is 5.10 Å². The van der Waals surface area contributed by atoms with E-state index in [-0.39, 0.29) is 24.3 Å². The van der Waals surface area contributed by atoms with Crippen molar-refractivity contribution < 1.29 is 19.1 Å². The molecule has 0 saturated carbocycles. The van der Waals surface area contributed by atoms with Crippen LogP contribution in [0.25, 0.3) is 0 Å². The van der Waals surface area contributed by atoms with Crippen LogP contribution in [0.15, 0.2) is 23.3 Å². The fourth-order valence-electron chi connectivity index (χ4n) is 3.33. The molecule has 1 aromatic carbocycles. The quantitative estimate of drug-likeness (QED) is 0.796. The van der Waals surface area contributed by atoms with Gasteiger partial charge in [-0.25, -0.2) is 9.80 Å². The minimum atomic E-state index is -0.351. The predicted octanol–water partition coefficient (Wildman–Crippen LogP) is 2.09. The van der Waals surface area contributed by atoms with E-state index < -0.39 is 0 Å². The number of carbonyl (C=O) groups is 3. The van der Waals surface area contributed by atoms with Crippen LogP contribution in [0.4, 0.5) is 10.5 Å². The van der Waals surface area contributed by atoms with Gasteiger partial charge in [0.05, 0.1) is 12.3 Å². The lowest BCUT2D eigenvalue weighted by Gasteiger charge is -2.35. The molecule has 1 fully saturated rings. The van der Waals surface area contributed by atoms with Crippen LogP contribution in [0.3, 0.4) is 0 Å². The highest BCUT2D eigenvalue weighted by Gasteiger charge is 2.31. The second kappa shape index (κ2) is 8.41. The maximum absolute atomic E-state index is 12.9. The van der Waals surface area contributed by atoms with Crippen LogP contribution >= 0.6 is 0 Å². The molecule has 3 rings (SSSR count). The molecule has 0 unspecified atom stereocenters. The third kappa shape index (κ3) is 4.16. The van der Waals surface area contributed by atoms with Crippen molar-refractivity contribution in [1.29, 1.82) is 0 Å². The Balaban J connectivity index is 1.72. The van der Waals surface area contributed by atoms with Gasteiger partial charge >= 0.3 is 6.09 Å². The van der Waals surface area contributed by atoms with Crippen molar-refractivity contribution in [2.75, 3.05) is 37.8 Å². The molecule has 0 bridgehead atoms. The molecular weight excluding hydrogens is 360 g/mol. The highest BCUT2D eigenvalue weighted by molar-refractivity contribution is 6.40. The molecular formula is C20H26N4O4. The SMILES string of the molecule is CCOC(=O)N1CCN(C(=O)C2=NN(c3cc(C)ccc3C)C(=O)CC2)CC1. The molecule has 0 aliphatic carbocycles. The van der Waals surface area contributed by atoms with Crippen molar-refractivity contribution in [2.45, 2.75) is 33.6 Å². The topological polar surface area (TPSA) is 82.5 Å². The fraction of sp³-hybridized carbons (Fsp3) is 0.500. The van der Waals surface area contributed by atoms with Gasteiger partial charge in [0, 0.05) is 39.0 Å². The normalized spacial score (nSPS) is 17.5. The molecule has 8 nitrogen and oxygen atoms in total. The van der Waals surface area contributed by atoms with Gasteiger partial charge in [-0.1, -0.05) is 12.1 Å². The van der Waals surface area contributed by atoms with E-state index in [2.05, 4.69) is 5.10 Å². The molecule has 1 aromatic rings. The first-order valence-electron chi connectivity index (χ1n) is 9.59. The smallest absolute Gasteiger partial charge is 0.409 e. The molecule has 3 amide bonds. The summed E-state index contributed by atoms with van der Waals surface area (Å²) in [6.45, 7) is 7.68. The molecule has 0 spiro atoms. The molecule has 0 N–H and O–H groups in total. The first-order chi connectivity index (χ1) is 13.4. The number of nitrogens with zero attached hydrogens (tertiary/aromatic N) is 4. The first-order valence-corrected chi connectivity index (χ1v) is 9.59. The number of rotatable bonds is 3. The largest absolute Gasteiger partial charge is 0.450 e. The zero-order valence-electron chi connectivity index (χ0n) is 16.6. The molecule has 1 saturated heterocycles. The van der Waals surface area contributed by atoms with Crippen molar-refractivity contribution >= 4 is 29.3 Å². The standard InChI is InChI=1S/C20H26N4O4/c1-4-28-20(27)23-11-9-22(10-12-23)19(26)16-7-8-18(25)24(21-16)17-13-14(2)5-6-15(17)3/h5-6,13H,4,7-12H2,1-3H3. The van der Waals surface area contributed by atoms with Gasteiger partial charge in [0.1, 0.15) is 5.71 Å². The molecule has 0 radical (unpaired) electrons. The van der Waals surface area contributed by atoms with Crippen molar-refractivity contribution in [1.82, 2.24) is 9.80 Å². The lowest BCUT2D eigenvalue weighted by molar-refractivity contribution is -0.125. The van der Waals surface area contributed by atoms with Crippen LogP contribution < -0.4 is 5.01 Å². The number of anilines is 1. The number of benzene rings is 1. The van der Waals surface area contributed by atoms with Crippen molar-refractivity contribution in [3.05, 3.63) is 29.3 Å². The number of hydrazone groups is 1. The second-order valence-corrected chi connectivity index (χ2v) is 7.02. The number of ether oxygens (including phenoxy) is 1. The Labute approximate surface area is 164 Å². The molecule has 2 aliphatic heterocycles. The predicted molar refractivity (Wildman–Crippen MR) is 105 cm³/mol. The molecule has 2 aliphatic rings. The van der Waals surface area contributed by atoms with Gasteiger partial charge < -0.3 is 14.5 Å². The molecule has 8 heteroatoms. The summed E-state index contributed by atoms with van der Waals surface area (Å²) < 4.78 is 5.00. The Morgan fingerprint density at radius 1 is 1.07 bits per heavy atom. The monoisotopic (exact) mass is 386 g/mol. The summed E-state index contributed by atoms with van der Waals surface area (Å²) >= 11 is 0. The molecule has 28 heavy (non-hydrogen) atoms.